The van der Waals surface area contributed by atoms with Crippen LogP contribution in [0.4, 0.5) is 0 Å². The third kappa shape index (κ3) is 3.33. The Kier molecular flexibility index (Phi) is 4.13. The maximum Gasteiger partial charge on any atom is 0.348 e. The van der Waals surface area contributed by atoms with Crippen molar-refractivity contribution in [3.8, 4) is 5.75 Å². The fourth-order valence-electron chi connectivity index (χ4n) is 1.67. The van der Waals surface area contributed by atoms with Crippen LogP contribution >= 0.6 is 0 Å². The number of hydrogen-bond donors (Lipinski definition) is 2. The topological polar surface area (TPSA) is 105 Å². The first kappa shape index (κ1) is 14.4. The van der Waals surface area contributed by atoms with E-state index < -0.39 is 11.5 Å². The summed E-state index contributed by atoms with van der Waals surface area (Å²) >= 11 is 0. The first-order chi connectivity index (χ1) is 9.99. The normalized spacial score (nSPS) is 11.2. The second-order valence-corrected chi connectivity index (χ2v) is 4.26. The molecule has 2 heterocycles. The zero-order chi connectivity index (χ0) is 15.4. The molecule has 108 valence electrons. The van der Waals surface area contributed by atoms with E-state index in [9.17, 15) is 14.7 Å². The molecular weight excluding hydrogens is 274 g/mol. The van der Waals surface area contributed by atoms with Crippen molar-refractivity contribution in [3.05, 3.63) is 57.9 Å². The predicted octanol–water partition coefficient (Wildman–Crippen LogP) is 1.20. The van der Waals surface area contributed by atoms with Crippen molar-refractivity contribution in [3.63, 3.8) is 0 Å². The molecular formula is C14H13N3O4. The second kappa shape index (κ2) is 6.00. The van der Waals surface area contributed by atoms with Crippen LogP contribution in [0, 0.1) is 6.92 Å². The van der Waals surface area contributed by atoms with Crippen LogP contribution in [0.3, 0.4) is 0 Å². The number of aromatic nitrogens is 1. The minimum atomic E-state index is -0.721. The molecule has 0 spiro atoms. The monoisotopic (exact) mass is 287 g/mol. The van der Waals surface area contributed by atoms with Gasteiger partial charge in [0.25, 0.3) is 5.91 Å². The third-order valence-corrected chi connectivity index (χ3v) is 2.64. The molecule has 7 heteroatoms. The molecule has 2 rings (SSSR count). The molecule has 0 unspecified atom stereocenters. The number of carbonyl (C=O) groups is 1. The van der Waals surface area contributed by atoms with Gasteiger partial charge in [0.1, 0.15) is 22.8 Å². The van der Waals surface area contributed by atoms with Crippen LogP contribution in [-0.2, 0) is 0 Å². The first-order valence-electron chi connectivity index (χ1n) is 6.09. The molecule has 2 N–H and O–H groups in total. The first-order valence-corrected chi connectivity index (χ1v) is 6.09. The Morgan fingerprint density at radius 2 is 2.19 bits per heavy atom. The summed E-state index contributed by atoms with van der Waals surface area (Å²) in [5.41, 5.74) is 1.76. The largest absolute Gasteiger partial charge is 0.507 e. The van der Waals surface area contributed by atoms with E-state index in [2.05, 4.69) is 15.5 Å². The van der Waals surface area contributed by atoms with E-state index in [0.717, 1.165) is 0 Å². The van der Waals surface area contributed by atoms with Gasteiger partial charge in [-0.1, -0.05) is 6.07 Å². The molecule has 0 atom stereocenters. The predicted molar refractivity (Wildman–Crippen MR) is 75.3 cm³/mol. The van der Waals surface area contributed by atoms with Crippen molar-refractivity contribution < 1.29 is 14.3 Å². The molecule has 2 aromatic heterocycles. The minimum absolute atomic E-state index is 0.0954. The molecule has 0 saturated carbocycles. The number of pyridine rings is 1. The Bertz CT molecular complexity index is 751. The summed E-state index contributed by atoms with van der Waals surface area (Å²) in [6.07, 6.45) is 1.48. The highest BCUT2D eigenvalue weighted by Crippen LogP contribution is 2.15. The Morgan fingerprint density at radius 1 is 1.43 bits per heavy atom. The van der Waals surface area contributed by atoms with Crippen LogP contribution in [-0.4, -0.2) is 21.7 Å². The van der Waals surface area contributed by atoms with E-state index >= 15 is 0 Å². The van der Waals surface area contributed by atoms with Crippen LogP contribution in [0.5, 0.6) is 5.75 Å². The lowest BCUT2D eigenvalue weighted by Gasteiger charge is -2.04. The highest BCUT2D eigenvalue weighted by atomic mass is 16.4. The van der Waals surface area contributed by atoms with E-state index in [-0.39, 0.29) is 28.5 Å². The molecule has 1 amide bonds. The Morgan fingerprint density at radius 3 is 2.81 bits per heavy atom. The number of amides is 1. The molecule has 7 nitrogen and oxygen atoms in total. The summed E-state index contributed by atoms with van der Waals surface area (Å²) in [4.78, 5) is 27.3. The number of rotatable bonds is 3. The van der Waals surface area contributed by atoms with Gasteiger partial charge in [0, 0.05) is 12.3 Å². The van der Waals surface area contributed by atoms with E-state index in [1.54, 1.807) is 19.1 Å². The molecule has 0 radical (unpaired) electrons. The van der Waals surface area contributed by atoms with E-state index in [4.69, 9.17) is 4.42 Å². The van der Waals surface area contributed by atoms with Gasteiger partial charge in [-0.25, -0.2) is 10.2 Å². The number of nitrogens with one attached hydrogen (secondary N) is 1. The van der Waals surface area contributed by atoms with Crippen molar-refractivity contribution in [2.24, 2.45) is 5.10 Å². The molecule has 0 saturated heterocycles. The van der Waals surface area contributed by atoms with Crippen LogP contribution in [0.15, 0.2) is 44.8 Å². The average Bonchev–Trinajstić information content (AvgIpc) is 2.44. The summed E-state index contributed by atoms with van der Waals surface area (Å²) in [5.74, 6) is -0.491. The highest BCUT2D eigenvalue weighted by molar-refractivity contribution is 6.01. The SMILES string of the molecule is CC(=NNC(=O)c1ccccn1)c1c(O)cc(C)oc1=O. The maximum atomic E-state index is 11.8. The number of nitrogens with zero attached hydrogens (tertiary/aromatic N) is 2. The van der Waals surface area contributed by atoms with Crippen molar-refractivity contribution in [2.75, 3.05) is 0 Å². The zero-order valence-electron chi connectivity index (χ0n) is 11.5. The smallest absolute Gasteiger partial charge is 0.348 e. The zero-order valence-corrected chi connectivity index (χ0v) is 11.5. The van der Waals surface area contributed by atoms with E-state index in [0.29, 0.717) is 0 Å². The van der Waals surface area contributed by atoms with Gasteiger partial charge in [-0.3, -0.25) is 9.78 Å². The molecule has 0 aliphatic carbocycles. The number of hydrazone groups is 1. The summed E-state index contributed by atoms with van der Waals surface area (Å²) in [6.45, 7) is 3.01. The third-order valence-electron chi connectivity index (χ3n) is 2.64. The Balaban J connectivity index is 2.23. The minimum Gasteiger partial charge on any atom is -0.507 e. The summed E-state index contributed by atoms with van der Waals surface area (Å²) in [5, 5.41) is 13.5. The van der Waals surface area contributed by atoms with Gasteiger partial charge in [0.15, 0.2) is 0 Å². The van der Waals surface area contributed by atoms with Gasteiger partial charge in [-0.15, -0.1) is 0 Å². The van der Waals surface area contributed by atoms with Crippen LogP contribution in [0.25, 0.3) is 0 Å². The standard InChI is InChI=1S/C14H13N3O4/c1-8-7-11(18)12(14(20)21-8)9(2)16-17-13(19)10-5-3-4-6-15-10/h3-7,18H,1-2H3,(H,17,19). The quantitative estimate of drug-likeness (QED) is 0.652. The summed E-state index contributed by atoms with van der Waals surface area (Å²) in [6, 6.07) is 6.17. The van der Waals surface area contributed by atoms with Gasteiger partial charge in [-0.2, -0.15) is 5.10 Å². The fraction of sp³-hybridized carbons (Fsp3) is 0.143. The number of aryl methyl sites for hydroxylation is 1. The van der Waals surface area contributed by atoms with Crippen LogP contribution in [0.2, 0.25) is 0 Å². The number of carbonyl (C=O) groups excluding carboxylic acids is 1. The lowest BCUT2D eigenvalue weighted by atomic mass is 10.2. The molecule has 0 aromatic carbocycles. The lowest BCUT2D eigenvalue weighted by molar-refractivity contribution is 0.0950. The van der Waals surface area contributed by atoms with Crippen molar-refractivity contribution in [2.45, 2.75) is 13.8 Å². The van der Waals surface area contributed by atoms with Crippen LogP contribution in [0.1, 0.15) is 28.7 Å². The molecule has 2 aromatic rings. The van der Waals surface area contributed by atoms with Crippen LogP contribution < -0.4 is 11.1 Å². The van der Waals surface area contributed by atoms with Crippen molar-refractivity contribution in [1.29, 1.82) is 0 Å². The van der Waals surface area contributed by atoms with Gasteiger partial charge in [-0.05, 0) is 26.0 Å². The molecule has 21 heavy (non-hydrogen) atoms. The molecule has 0 aliphatic rings. The highest BCUT2D eigenvalue weighted by Gasteiger charge is 2.13. The fourth-order valence-corrected chi connectivity index (χ4v) is 1.67. The molecule has 0 fully saturated rings. The van der Waals surface area contributed by atoms with Gasteiger partial charge < -0.3 is 9.52 Å². The van der Waals surface area contributed by atoms with Gasteiger partial charge >= 0.3 is 5.63 Å². The van der Waals surface area contributed by atoms with Gasteiger partial charge in [0.2, 0.25) is 0 Å². The Labute approximate surface area is 120 Å². The molecule has 0 aliphatic heterocycles. The maximum absolute atomic E-state index is 11.8. The Hall–Kier alpha value is -2.96. The summed E-state index contributed by atoms with van der Waals surface area (Å²) in [7, 11) is 0. The lowest BCUT2D eigenvalue weighted by Crippen LogP contribution is -2.22. The second-order valence-electron chi connectivity index (χ2n) is 4.26. The number of hydrogen-bond acceptors (Lipinski definition) is 6. The van der Waals surface area contributed by atoms with Crippen molar-refractivity contribution >= 4 is 11.6 Å². The van der Waals surface area contributed by atoms with E-state index in [1.807, 2.05) is 0 Å². The molecule has 0 bridgehead atoms. The van der Waals surface area contributed by atoms with Gasteiger partial charge in [0.05, 0.1) is 5.71 Å². The average molecular weight is 287 g/mol. The summed E-state index contributed by atoms with van der Waals surface area (Å²) < 4.78 is 4.88. The van der Waals surface area contributed by atoms with Crippen molar-refractivity contribution in [1.82, 2.24) is 10.4 Å². The van der Waals surface area contributed by atoms with E-state index in [1.165, 1.54) is 25.3 Å². The number of aromatic hydroxyl groups is 1.